The number of carbonyl (C=O) groups excluding carboxylic acids is 1. The summed E-state index contributed by atoms with van der Waals surface area (Å²) in [6, 6.07) is 4.90. The number of halogens is 1. The van der Waals surface area contributed by atoms with Crippen molar-refractivity contribution in [3.63, 3.8) is 0 Å². The summed E-state index contributed by atoms with van der Waals surface area (Å²) in [5.74, 6) is 0.114. The van der Waals surface area contributed by atoms with E-state index < -0.39 is 5.97 Å². The lowest BCUT2D eigenvalue weighted by Gasteiger charge is -2.09. The molecular weight excluding hydrogens is 230 g/mol. The van der Waals surface area contributed by atoms with E-state index in [9.17, 15) is 4.79 Å². The van der Waals surface area contributed by atoms with Crippen molar-refractivity contribution in [1.82, 2.24) is 0 Å². The third kappa shape index (κ3) is 2.26. The fraction of sp³-hybridized carbons (Fsp3) is 0.273. The lowest BCUT2D eigenvalue weighted by atomic mass is 10.0. The molecule has 0 aliphatic rings. The van der Waals surface area contributed by atoms with E-state index >= 15 is 0 Å². The highest BCUT2D eigenvalue weighted by atomic mass is 35.5. The molecule has 0 bridgehead atoms. The van der Waals surface area contributed by atoms with Crippen molar-refractivity contribution >= 4 is 17.6 Å². The minimum Gasteiger partial charge on any atom is -0.496 e. The molecule has 0 N–H and O–H groups in total. The minimum absolute atomic E-state index is 0.193. The third-order valence-corrected chi connectivity index (χ3v) is 2.38. The number of nitrogens with zero attached hydrogens (tertiary/aromatic N) is 1. The quantitative estimate of drug-likeness (QED) is 0.599. The van der Waals surface area contributed by atoms with Gasteiger partial charge in [0.05, 0.1) is 31.2 Å². The van der Waals surface area contributed by atoms with Crippen LogP contribution in [0.25, 0.3) is 0 Å². The Bertz CT molecular complexity index is 451. The molecule has 0 amide bonds. The van der Waals surface area contributed by atoms with Gasteiger partial charge >= 0.3 is 5.97 Å². The standard InChI is InChI=1S/C11H10ClNO3/c1-15-10-4-8(6-13)9(11(14)16-2)3-7(10)5-12/h3-4H,5H2,1-2H3. The average Bonchev–Trinajstić information content (AvgIpc) is 2.35. The molecule has 0 fully saturated rings. The van der Waals surface area contributed by atoms with Crippen molar-refractivity contribution in [1.29, 1.82) is 5.26 Å². The Kier molecular flexibility index (Phi) is 4.15. The Morgan fingerprint density at radius 1 is 1.50 bits per heavy atom. The molecule has 0 aromatic heterocycles. The monoisotopic (exact) mass is 239 g/mol. The van der Waals surface area contributed by atoms with Gasteiger partial charge in [-0.25, -0.2) is 4.79 Å². The molecule has 0 unspecified atom stereocenters. The zero-order valence-electron chi connectivity index (χ0n) is 8.91. The van der Waals surface area contributed by atoms with Crippen LogP contribution in [0.4, 0.5) is 0 Å². The summed E-state index contributed by atoms with van der Waals surface area (Å²) in [5.41, 5.74) is 1.04. The van der Waals surface area contributed by atoms with Gasteiger partial charge in [-0.2, -0.15) is 5.26 Å². The summed E-state index contributed by atoms with van der Waals surface area (Å²) in [4.78, 5) is 11.4. The molecule has 84 valence electrons. The topological polar surface area (TPSA) is 59.3 Å². The number of methoxy groups -OCH3 is 2. The molecule has 1 aromatic carbocycles. The first-order valence-electron chi connectivity index (χ1n) is 4.43. The fourth-order valence-corrected chi connectivity index (χ4v) is 1.50. The molecule has 0 heterocycles. The van der Waals surface area contributed by atoms with Crippen molar-refractivity contribution in [2.75, 3.05) is 14.2 Å². The zero-order valence-corrected chi connectivity index (χ0v) is 9.67. The van der Waals surface area contributed by atoms with Crippen molar-refractivity contribution < 1.29 is 14.3 Å². The Morgan fingerprint density at radius 3 is 2.62 bits per heavy atom. The van der Waals surface area contributed by atoms with Crippen LogP contribution in [-0.2, 0) is 10.6 Å². The van der Waals surface area contributed by atoms with Crippen LogP contribution in [0.3, 0.4) is 0 Å². The van der Waals surface area contributed by atoms with Gasteiger partial charge < -0.3 is 9.47 Å². The summed E-state index contributed by atoms with van der Waals surface area (Å²) in [5, 5.41) is 8.90. The van der Waals surface area contributed by atoms with Crippen molar-refractivity contribution in [3.05, 3.63) is 28.8 Å². The number of esters is 1. The molecule has 0 aliphatic carbocycles. The van der Waals surface area contributed by atoms with Gasteiger partial charge in [0.15, 0.2) is 0 Å². The van der Waals surface area contributed by atoms with Crippen molar-refractivity contribution in [2.45, 2.75) is 5.88 Å². The second-order valence-corrected chi connectivity index (χ2v) is 3.21. The normalized spacial score (nSPS) is 9.38. The SMILES string of the molecule is COC(=O)c1cc(CCl)c(OC)cc1C#N. The second-order valence-electron chi connectivity index (χ2n) is 2.95. The van der Waals surface area contributed by atoms with Crippen LogP contribution in [0.1, 0.15) is 21.5 Å². The van der Waals surface area contributed by atoms with E-state index in [-0.39, 0.29) is 17.0 Å². The second kappa shape index (κ2) is 5.38. The van der Waals surface area contributed by atoms with Gasteiger partial charge in [-0.1, -0.05) is 0 Å². The molecule has 4 nitrogen and oxygen atoms in total. The van der Waals surface area contributed by atoms with E-state index in [4.69, 9.17) is 21.6 Å². The average molecular weight is 240 g/mol. The van der Waals surface area contributed by atoms with Gasteiger partial charge in [-0.3, -0.25) is 0 Å². The zero-order chi connectivity index (χ0) is 12.1. The predicted octanol–water partition coefficient (Wildman–Crippen LogP) is 2.09. The van der Waals surface area contributed by atoms with Crippen LogP contribution in [0, 0.1) is 11.3 Å². The lowest BCUT2D eigenvalue weighted by molar-refractivity contribution is 0.0600. The Morgan fingerprint density at radius 2 is 2.19 bits per heavy atom. The van der Waals surface area contributed by atoms with Crippen LogP contribution in [0.2, 0.25) is 0 Å². The number of hydrogen-bond acceptors (Lipinski definition) is 4. The molecular formula is C11H10ClNO3. The number of rotatable bonds is 3. The van der Waals surface area contributed by atoms with Gasteiger partial charge in [0, 0.05) is 5.56 Å². The maximum absolute atomic E-state index is 11.4. The van der Waals surface area contributed by atoms with E-state index in [1.165, 1.54) is 26.4 Å². The highest BCUT2D eigenvalue weighted by Gasteiger charge is 2.16. The summed E-state index contributed by atoms with van der Waals surface area (Å²) in [6.45, 7) is 0. The van der Waals surface area contributed by atoms with Crippen LogP contribution >= 0.6 is 11.6 Å². The van der Waals surface area contributed by atoms with Gasteiger partial charge in [0.2, 0.25) is 0 Å². The van der Waals surface area contributed by atoms with Crippen molar-refractivity contribution in [3.8, 4) is 11.8 Å². The Balaban J connectivity index is 3.39. The van der Waals surface area contributed by atoms with Crippen LogP contribution in [0.5, 0.6) is 5.75 Å². The molecule has 16 heavy (non-hydrogen) atoms. The van der Waals surface area contributed by atoms with Gasteiger partial charge in [0.1, 0.15) is 11.8 Å². The molecule has 0 atom stereocenters. The highest BCUT2D eigenvalue weighted by molar-refractivity contribution is 6.17. The van der Waals surface area contributed by atoms with Gasteiger partial charge in [-0.15, -0.1) is 11.6 Å². The maximum Gasteiger partial charge on any atom is 0.339 e. The van der Waals surface area contributed by atoms with E-state index in [0.717, 1.165) is 0 Å². The molecule has 0 spiro atoms. The Hall–Kier alpha value is -1.73. The molecule has 5 heteroatoms. The summed E-state index contributed by atoms with van der Waals surface area (Å²) < 4.78 is 9.64. The molecule has 0 aliphatic heterocycles. The maximum atomic E-state index is 11.4. The number of hydrogen-bond donors (Lipinski definition) is 0. The smallest absolute Gasteiger partial charge is 0.339 e. The van der Waals surface area contributed by atoms with Gasteiger partial charge in [0.25, 0.3) is 0 Å². The number of ether oxygens (including phenoxy) is 2. The van der Waals surface area contributed by atoms with E-state index in [0.29, 0.717) is 11.3 Å². The number of nitriles is 1. The van der Waals surface area contributed by atoms with Crippen LogP contribution in [-0.4, -0.2) is 20.2 Å². The fourth-order valence-electron chi connectivity index (χ4n) is 1.29. The van der Waals surface area contributed by atoms with E-state index in [1.54, 1.807) is 0 Å². The van der Waals surface area contributed by atoms with Crippen molar-refractivity contribution in [2.24, 2.45) is 0 Å². The van der Waals surface area contributed by atoms with Gasteiger partial charge in [-0.05, 0) is 12.1 Å². The first-order chi connectivity index (χ1) is 7.67. The third-order valence-electron chi connectivity index (χ3n) is 2.09. The first kappa shape index (κ1) is 12.3. The Labute approximate surface area is 98.3 Å². The minimum atomic E-state index is -0.564. The van der Waals surface area contributed by atoms with Crippen LogP contribution in [0.15, 0.2) is 12.1 Å². The molecule has 1 aromatic rings. The van der Waals surface area contributed by atoms with Crippen LogP contribution < -0.4 is 4.74 Å². The molecule has 0 saturated heterocycles. The first-order valence-corrected chi connectivity index (χ1v) is 4.96. The molecule has 1 rings (SSSR count). The molecule has 0 saturated carbocycles. The predicted molar refractivity (Wildman–Crippen MR) is 58.6 cm³/mol. The summed E-state index contributed by atoms with van der Waals surface area (Å²) >= 11 is 5.71. The van der Waals surface area contributed by atoms with E-state index in [1.807, 2.05) is 6.07 Å². The highest BCUT2D eigenvalue weighted by Crippen LogP contribution is 2.25. The largest absolute Gasteiger partial charge is 0.496 e. The van der Waals surface area contributed by atoms with E-state index in [2.05, 4.69) is 4.74 Å². The summed E-state index contributed by atoms with van der Waals surface area (Å²) in [7, 11) is 2.73. The number of carbonyl (C=O) groups is 1. The lowest BCUT2D eigenvalue weighted by Crippen LogP contribution is -2.06. The number of alkyl halides is 1. The molecule has 0 radical (unpaired) electrons. The summed E-state index contributed by atoms with van der Waals surface area (Å²) in [6.07, 6.45) is 0. The number of benzene rings is 1.